The molecular formula is C37H48N7O6P. The number of rotatable bonds is 15. The number of hydrogen-bond donors (Lipinski definition) is 3. The Kier molecular flexibility index (Phi) is 10.6. The minimum Gasteiger partial charge on any atom is -0.461 e. The zero-order valence-corrected chi connectivity index (χ0v) is 30.7. The fraction of sp³-hybridized carbons (Fsp3) is 0.486. The number of nitrogens with zero attached hydrogens (tertiary/aromatic N) is 4. The van der Waals surface area contributed by atoms with Gasteiger partial charge in [0, 0.05) is 0 Å². The van der Waals surface area contributed by atoms with Gasteiger partial charge in [0.05, 0.1) is 19.0 Å². The third kappa shape index (κ3) is 8.66. The first-order chi connectivity index (χ1) is 24.2. The Morgan fingerprint density at radius 2 is 1.33 bits per heavy atom. The van der Waals surface area contributed by atoms with Gasteiger partial charge in [0.2, 0.25) is 7.44 Å². The second-order valence-electron chi connectivity index (χ2n) is 14.9. The molecule has 2 fully saturated rings. The minimum absolute atomic E-state index is 0.246. The minimum atomic E-state index is -3.85. The first-order valence-corrected chi connectivity index (χ1v) is 19.3. The predicted octanol–water partition coefficient (Wildman–Crippen LogP) is 5.68. The van der Waals surface area contributed by atoms with Crippen molar-refractivity contribution in [3.05, 3.63) is 84.4 Å². The second-order valence-corrected chi connectivity index (χ2v) is 17.0. The van der Waals surface area contributed by atoms with Crippen LogP contribution in [-0.4, -0.2) is 67.2 Å². The number of carbonyl (C=O) groups is 2. The van der Waals surface area contributed by atoms with Gasteiger partial charge in [-0.3, -0.25) is 14.2 Å². The first kappa shape index (κ1) is 36.6. The molecule has 6 rings (SSSR count). The van der Waals surface area contributed by atoms with Crippen LogP contribution < -0.4 is 15.9 Å². The van der Waals surface area contributed by atoms with Gasteiger partial charge in [-0.25, -0.2) is 25.1 Å². The van der Waals surface area contributed by atoms with Crippen molar-refractivity contribution in [2.24, 2.45) is 0 Å². The van der Waals surface area contributed by atoms with Crippen LogP contribution in [-0.2, 0) is 34.9 Å². The molecule has 0 radical (unpaired) electrons. The smallest absolute Gasteiger partial charge is 0.326 e. The summed E-state index contributed by atoms with van der Waals surface area (Å²) in [6, 6.07) is 20.3. The molecule has 2 aromatic heterocycles. The van der Waals surface area contributed by atoms with Crippen LogP contribution in [0.25, 0.3) is 11.2 Å². The Hall–Kier alpha value is -4.16. The van der Waals surface area contributed by atoms with Gasteiger partial charge >= 0.3 is 11.9 Å². The molecule has 13 nitrogen and oxygen atoms in total. The number of esters is 2. The van der Waals surface area contributed by atoms with Gasteiger partial charge in [-0.15, -0.1) is 0 Å². The van der Waals surface area contributed by atoms with E-state index in [0.717, 1.165) is 0 Å². The van der Waals surface area contributed by atoms with Crippen LogP contribution in [0, 0.1) is 0 Å². The lowest BCUT2D eigenvalue weighted by Crippen LogP contribution is -2.55. The highest BCUT2D eigenvalue weighted by molar-refractivity contribution is 7.59. The fourth-order valence-corrected chi connectivity index (χ4v) is 9.23. The average Bonchev–Trinajstić information content (AvgIpc) is 3.46. The number of ether oxygens (including phenoxy) is 3. The van der Waals surface area contributed by atoms with Crippen LogP contribution in [0.2, 0.25) is 0 Å². The zero-order chi connectivity index (χ0) is 36.4. The van der Waals surface area contributed by atoms with Crippen molar-refractivity contribution in [2.75, 3.05) is 12.1 Å². The molecule has 2 heterocycles. The Morgan fingerprint density at radius 3 is 1.82 bits per heavy atom. The number of carbonyl (C=O) groups excluding carboxylic acids is 2. The van der Waals surface area contributed by atoms with E-state index in [2.05, 4.69) is 49.4 Å². The van der Waals surface area contributed by atoms with E-state index >= 15 is 0 Å². The topological polar surface area (TPSA) is 173 Å². The van der Waals surface area contributed by atoms with E-state index < -0.39 is 36.6 Å². The molecule has 2 aliphatic carbocycles. The third-order valence-corrected chi connectivity index (χ3v) is 12.0. The maximum atomic E-state index is 14.8. The van der Waals surface area contributed by atoms with E-state index in [0.29, 0.717) is 55.2 Å². The summed E-state index contributed by atoms with van der Waals surface area (Å²) in [4.78, 5) is 39.6. The molecule has 14 heteroatoms. The van der Waals surface area contributed by atoms with Crippen LogP contribution in [0.4, 0.5) is 5.82 Å². The van der Waals surface area contributed by atoms with Crippen LogP contribution >= 0.6 is 7.44 Å². The summed E-state index contributed by atoms with van der Waals surface area (Å²) in [5, 5.41) is 6.04. The number of imidazole rings is 1. The average molecular weight is 718 g/mol. The van der Waals surface area contributed by atoms with Gasteiger partial charge in [-0.2, -0.15) is 0 Å². The molecule has 0 amide bonds. The Labute approximate surface area is 298 Å². The van der Waals surface area contributed by atoms with Crippen molar-refractivity contribution >= 4 is 36.4 Å². The van der Waals surface area contributed by atoms with Crippen molar-refractivity contribution in [1.29, 1.82) is 0 Å². The van der Waals surface area contributed by atoms with Crippen LogP contribution in [0.5, 0.6) is 0 Å². The first-order valence-electron chi connectivity index (χ1n) is 17.4. The SMILES string of the molecule is C[C@H](Cn1cnc2c(N)ncnc21)OCP(=O)(NC(C)(C)C(=O)O[C@H]1C[C@@H](c2ccccc2)C1)NC(C)(C)C(=O)O[C@H]1C[C@@H](c2ccccc2)C1. The molecule has 0 spiro atoms. The van der Waals surface area contributed by atoms with Crippen molar-refractivity contribution in [2.45, 2.75) is 108 Å². The normalized spacial score (nSPS) is 21.4. The number of anilines is 1. The van der Waals surface area contributed by atoms with E-state index in [1.807, 2.05) is 43.3 Å². The number of hydrogen-bond acceptors (Lipinski definition) is 10. The summed E-state index contributed by atoms with van der Waals surface area (Å²) in [7, 11) is -3.85. The number of benzene rings is 2. The standard InChI is InChI=1S/C37H48N7O6P/c1-24(20-44-22-41-31-32(38)39-21-40-33(31)44)48-23-51(47,42-36(2,3)34(45)49-29-16-27(17-29)25-12-8-6-9-13-25)43-37(4,5)35(46)50-30-18-28(19-30)26-14-10-7-11-15-26/h6-15,21-22,24,27-30H,16-20,23H2,1-5H3,(H2,38,39,40)(H2,42,43,47)/t24-,27-,28-,29+,30+/m1/s1. The Bertz CT molecular complexity index is 1790. The second kappa shape index (κ2) is 14.8. The molecule has 2 aromatic carbocycles. The van der Waals surface area contributed by atoms with Crippen LogP contribution in [0.3, 0.4) is 0 Å². The summed E-state index contributed by atoms with van der Waals surface area (Å²) < 4.78 is 34.5. The summed E-state index contributed by atoms with van der Waals surface area (Å²) in [5.41, 5.74) is 6.62. The number of nitrogen functional groups attached to an aromatic ring is 1. The maximum Gasteiger partial charge on any atom is 0.326 e. The van der Waals surface area contributed by atoms with Crippen LogP contribution in [0.15, 0.2) is 73.3 Å². The molecule has 0 unspecified atom stereocenters. The van der Waals surface area contributed by atoms with Gasteiger partial charge in [-0.1, -0.05) is 60.7 Å². The molecule has 272 valence electrons. The Morgan fingerprint density at radius 1 is 0.843 bits per heavy atom. The van der Waals surface area contributed by atoms with Crippen molar-refractivity contribution in [3.8, 4) is 0 Å². The van der Waals surface area contributed by atoms with E-state index in [1.54, 1.807) is 38.6 Å². The summed E-state index contributed by atoms with van der Waals surface area (Å²) in [5.74, 6) is -0.174. The molecule has 4 aromatic rings. The number of nitrogens with two attached hydrogens (primary N) is 1. The van der Waals surface area contributed by atoms with E-state index in [4.69, 9.17) is 19.9 Å². The molecule has 2 aliphatic rings. The number of aromatic nitrogens is 4. The molecule has 0 bridgehead atoms. The molecule has 1 atom stereocenters. The highest BCUT2D eigenvalue weighted by atomic mass is 31.2. The fourth-order valence-electron chi connectivity index (χ4n) is 6.60. The van der Waals surface area contributed by atoms with Crippen molar-refractivity contribution in [1.82, 2.24) is 29.7 Å². The van der Waals surface area contributed by atoms with E-state index in [1.165, 1.54) is 17.5 Å². The lowest BCUT2D eigenvalue weighted by atomic mass is 9.77. The van der Waals surface area contributed by atoms with E-state index in [9.17, 15) is 14.2 Å². The Balaban J connectivity index is 1.11. The van der Waals surface area contributed by atoms with Gasteiger partial charge < -0.3 is 24.5 Å². The predicted molar refractivity (Wildman–Crippen MR) is 194 cm³/mol. The van der Waals surface area contributed by atoms with Crippen LogP contribution in [0.1, 0.15) is 83.3 Å². The summed E-state index contributed by atoms with van der Waals surface area (Å²) in [6.07, 6.45) is 4.51. The molecule has 51 heavy (non-hydrogen) atoms. The van der Waals surface area contributed by atoms with E-state index in [-0.39, 0.29) is 24.4 Å². The van der Waals surface area contributed by atoms with Gasteiger partial charge in [0.15, 0.2) is 11.5 Å². The lowest BCUT2D eigenvalue weighted by Gasteiger charge is -2.40. The molecule has 4 N–H and O–H groups in total. The zero-order valence-electron chi connectivity index (χ0n) is 29.8. The highest BCUT2D eigenvalue weighted by Crippen LogP contribution is 2.45. The third-order valence-electron chi connectivity index (χ3n) is 9.64. The molecule has 0 aliphatic heterocycles. The lowest BCUT2D eigenvalue weighted by molar-refractivity contribution is -0.160. The quantitative estimate of drug-likeness (QED) is 0.102. The van der Waals surface area contributed by atoms with Crippen molar-refractivity contribution in [3.63, 3.8) is 0 Å². The summed E-state index contributed by atoms with van der Waals surface area (Å²) in [6.45, 7) is 8.60. The maximum absolute atomic E-state index is 14.8. The summed E-state index contributed by atoms with van der Waals surface area (Å²) >= 11 is 0. The van der Waals surface area contributed by atoms with Gasteiger partial charge in [0.25, 0.3) is 0 Å². The number of fused-ring (bicyclic) bond motifs is 1. The molecule has 0 saturated heterocycles. The molecular weight excluding hydrogens is 669 g/mol. The van der Waals surface area contributed by atoms with Gasteiger partial charge in [-0.05, 0) is 83.3 Å². The molecule has 2 saturated carbocycles. The number of nitrogens with one attached hydrogen (secondary N) is 2. The highest BCUT2D eigenvalue weighted by Gasteiger charge is 2.46. The largest absolute Gasteiger partial charge is 0.461 e. The van der Waals surface area contributed by atoms with Gasteiger partial charge in [0.1, 0.15) is 41.5 Å². The van der Waals surface area contributed by atoms with Crippen molar-refractivity contribution < 1.29 is 28.4 Å². The monoisotopic (exact) mass is 717 g/mol.